The van der Waals surface area contributed by atoms with Gasteiger partial charge in [-0.3, -0.25) is 4.98 Å². The summed E-state index contributed by atoms with van der Waals surface area (Å²) in [4.78, 5) is 6.66. The predicted molar refractivity (Wildman–Crippen MR) is 63.2 cm³/mol. The van der Waals surface area contributed by atoms with Crippen LogP contribution in [-0.4, -0.2) is 25.1 Å². The number of anilines is 1. The lowest BCUT2D eigenvalue weighted by molar-refractivity contribution is 0.794. The Hall–Kier alpha value is -1.09. The lowest BCUT2D eigenvalue weighted by Crippen LogP contribution is -2.21. The van der Waals surface area contributed by atoms with Gasteiger partial charge in [0.1, 0.15) is 0 Å². The van der Waals surface area contributed by atoms with Crippen LogP contribution in [0.15, 0.2) is 18.3 Å². The third-order valence-corrected chi connectivity index (χ3v) is 2.90. The molecule has 0 saturated heterocycles. The molecular weight excluding hydrogens is 186 g/mol. The highest BCUT2D eigenvalue weighted by Gasteiger charge is 2.25. The van der Waals surface area contributed by atoms with Crippen LogP contribution in [0, 0.1) is 0 Å². The molecule has 0 aromatic carbocycles. The van der Waals surface area contributed by atoms with Crippen molar-refractivity contribution in [1.82, 2.24) is 4.98 Å². The molecule has 82 valence electrons. The van der Waals surface area contributed by atoms with E-state index in [4.69, 9.17) is 5.73 Å². The van der Waals surface area contributed by atoms with E-state index in [1.807, 2.05) is 6.20 Å². The quantitative estimate of drug-likeness (QED) is 0.796. The molecule has 0 radical (unpaired) electrons. The van der Waals surface area contributed by atoms with Crippen LogP contribution in [0.1, 0.15) is 30.9 Å². The zero-order chi connectivity index (χ0) is 10.7. The first-order chi connectivity index (χ1) is 7.31. The molecule has 1 fully saturated rings. The van der Waals surface area contributed by atoms with Crippen LogP contribution >= 0.6 is 0 Å². The number of pyridine rings is 1. The van der Waals surface area contributed by atoms with E-state index in [0.29, 0.717) is 0 Å². The Bertz CT molecular complexity index is 320. The highest BCUT2D eigenvalue weighted by molar-refractivity contribution is 5.46. The van der Waals surface area contributed by atoms with Crippen molar-refractivity contribution in [2.24, 2.45) is 5.73 Å². The molecule has 1 aliphatic carbocycles. The van der Waals surface area contributed by atoms with Gasteiger partial charge < -0.3 is 10.6 Å². The summed E-state index contributed by atoms with van der Waals surface area (Å²) in [6.45, 7) is 1.77. The van der Waals surface area contributed by atoms with Gasteiger partial charge in [0.15, 0.2) is 0 Å². The van der Waals surface area contributed by atoms with Crippen LogP contribution in [0.4, 0.5) is 5.69 Å². The average molecular weight is 205 g/mol. The van der Waals surface area contributed by atoms with Crippen LogP contribution in [0.2, 0.25) is 0 Å². The zero-order valence-corrected chi connectivity index (χ0v) is 9.32. The minimum atomic E-state index is 0.729. The third-order valence-electron chi connectivity index (χ3n) is 2.90. The molecular formula is C12H19N3. The topological polar surface area (TPSA) is 42.1 Å². The van der Waals surface area contributed by atoms with Crippen molar-refractivity contribution >= 4 is 5.69 Å². The van der Waals surface area contributed by atoms with Crippen molar-refractivity contribution < 1.29 is 0 Å². The van der Waals surface area contributed by atoms with Crippen molar-refractivity contribution in [2.45, 2.75) is 25.2 Å². The number of nitrogens with zero attached hydrogens (tertiary/aromatic N) is 2. The van der Waals surface area contributed by atoms with Crippen molar-refractivity contribution in [3.05, 3.63) is 24.0 Å². The van der Waals surface area contributed by atoms with E-state index in [-0.39, 0.29) is 0 Å². The summed E-state index contributed by atoms with van der Waals surface area (Å²) in [5, 5.41) is 0. The van der Waals surface area contributed by atoms with Gasteiger partial charge in [0.25, 0.3) is 0 Å². The number of hydrogen-bond acceptors (Lipinski definition) is 3. The van der Waals surface area contributed by atoms with E-state index in [1.54, 1.807) is 0 Å². The summed E-state index contributed by atoms with van der Waals surface area (Å²) in [6, 6.07) is 4.29. The fourth-order valence-corrected chi connectivity index (χ4v) is 1.73. The van der Waals surface area contributed by atoms with E-state index in [2.05, 4.69) is 29.1 Å². The highest BCUT2D eigenvalue weighted by atomic mass is 15.1. The fourth-order valence-electron chi connectivity index (χ4n) is 1.73. The fraction of sp³-hybridized carbons (Fsp3) is 0.583. The third kappa shape index (κ3) is 2.69. The van der Waals surface area contributed by atoms with Crippen molar-refractivity contribution in [1.29, 1.82) is 0 Å². The second-order valence-corrected chi connectivity index (χ2v) is 4.28. The maximum absolute atomic E-state index is 5.50. The van der Waals surface area contributed by atoms with Crippen LogP contribution in [0.3, 0.4) is 0 Å². The summed E-state index contributed by atoms with van der Waals surface area (Å²) < 4.78 is 0. The molecule has 0 aliphatic heterocycles. The molecule has 1 aromatic heterocycles. The van der Waals surface area contributed by atoms with Crippen LogP contribution in [-0.2, 0) is 0 Å². The molecule has 0 atom stereocenters. The molecule has 0 unspecified atom stereocenters. The lowest BCUT2D eigenvalue weighted by Gasteiger charge is -2.19. The van der Waals surface area contributed by atoms with E-state index < -0.39 is 0 Å². The second kappa shape index (κ2) is 4.62. The first kappa shape index (κ1) is 10.4. The smallest absolute Gasteiger partial charge is 0.0455 e. The molecule has 3 heteroatoms. The van der Waals surface area contributed by atoms with Gasteiger partial charge in [-0.05, 0) is 37.9 Å². The van der Waals surface area contributed by atoms with Crippen LogP contribution in [0.5, 0.6) is 0 Å². The molecule has 0 amide bonds. The zero-order valence-electron chi connectivity index (χ0n) is 9.32. The predicted octanol–water partition coefficient (Wildman–Crippen LogP) is 1.74. The normalized spacial score (nSPS) is 15.3. The van der Waals surface area contributed by atoms with E-state index in [0.717, 1.165) is 25.4 Å². The van der Waals surface area contributed by atoms with Crippen molar-refractivity contribution in [3.63, 3.8) is 0 Å². The van der Waals surface area contributed by atoms with Crippen LogP contribution < -0.4 is 10.6 Å². The summed E-state index contributed by atoms with van der Waals surface area (Å²) in [5.41, 5.74) is 8.02. The van der Waals surface area contributed by atoms with Gasteiger partial charge in [0.2, 0.25) is 0 Å². The Labute approximate surface area is 91.3 Å². The standard InChI is InChI=1S/C12H19N3/c1-15(8-2-6-13)11-5-7-14-12(9-11)10-3-4-10/h5,7,9-10H,2-4,6,8,13H2,1H3. The van der Waals surface area contributed by atoms with E-state index in [9.17, 15) is 0 Å². The number of aromatic nitrogens is 1. The molecule has 1 saturated carbocycles. The Morgan fingerprint density at radius 1 is 1.53 bits per heavy atom. The van der Waals surface area contributed by atoms with Crippen molar-refractivity contribution in [3.8, 4) is 0 Å². The first-order valence-corrected chi connectivity index (χ1v) is 5.68. The number of nitrogens with two attached hydrogens (primary N) is 1. The molecule has 1 heterocycles. The van der Waals surface area contributed by atoms with Gasteiger partial charge in [-0.2, -0.15) is 0 Å². The summed E-state index contributed by atoms with van der Waals surface area (Å²) >= 11 is 0. The Kier molecular flexibility index (Phi) is 3.21. The molecule has 2 rings (SSSR count). The van der Waals surface area contributed by atoms with Gasteiger partial charge in [-0.1, -0.05) is 0 Å². The van der Waals surface area contributed by atoms with E-state index in [1.165, 1.54) is 24.2 Å². The van der Waals surface area contributed by atoms with Gasteiger partial charge in [-0.25, -0.2) is 0 Å². The molecule has 1 aromatic rings. The Morgan fingerprint density at radius 3 is 3.00 bits per heavy atom. The average Bonchev–Trinajstić information content (AvgIpc) is 3.10. The van der Waals surface area contributed by atoms with Gasteiger partial charge in [-0.15, -0.1) is 0 Å². The maximum atomic E-state index is 5.50. The molecule has 15 heavy (non-hydrogen) atoms. The molecule has 3 nitrogen and oxygen atoms in total. The van der Waals surface area contributed by atoms with Gasteiger partial charge in [0.05, 0.1) is 0 Å². The van der Waals surface area contributed by atoms with Gasteiger partial charge in [0, 0.05) is 37.1 Å². The lowest BCUT2D eigenvalue weighted by atomic mass is 10.2. The Balaban J connectivity index is 2.02. The molecule has 0 bridgehead atoms. The Morgan fingerprint density at radius 2 is 2.33 bits per heavy atom. The summed E-state index contributed by atoms with van der Waals surface area (Å²) in [7, 11) is 2.11. The minimum absolute atomic E-state index is 0.729. The number of rotatable bonds is 5. The largest absolute Gasteiger partial charge is 0.374 e. The summed E-state index contributed by atoms with van der Waals surface area (Å²) in [5.74, 6) is 0.729. The van der Waals surface area contributed by atoms with Crippen LogP contribution in [0.25, 0.3) is 0 Å². The maximum Gasteiger partial charge on any atom is 0.0455 e. The highest BCUT2D eigenvalue weighted by Crippen LogP contribution is 2.39. The summed E-state index contributed by atoms with van der Waals surface area (Å²) in [6.07, 6.45) is 5.57. The van der Waals surface area contributed by atoms with Gasteiger partial charge >= 0.3 is 0 Å². The SMILES string of the molecule is CN(CCCN)c1ccnc(C2CC2)c1. The minimum Gasteiger partial charge on any atom is -0.374 e. The molecule has 1 aliphatic rings. The van der Waals surface area contributed by atoms with E-state index >= 15 is 0 Å². The first-order valence-electron chi connectivity index (χ1n) is 5.68. The molecule has 0 spiro atoms. The second-order valence-electron chi connectivity index (χ2n) is 4.28. The monoisotopic (exact) mass is 205 g/mol. The van der Waals surface area contributed by atoms with Crippen molar-refractivity contribution in [2.75, 3.05) is 25.0 Å². The number of hydrogen-bond donors (Lipinski definition) is 1. The molecule has 2 N–H and O–H groups in total.